The van der Waals surface area contributed by atoms with Crippen molar-refractivity contribution in [1.29, 1.82) is 0 Å². The molecule has 4 N–H and O–H groups in total. The number of urea groups is 1. The molecule has 0 unspecified atom stereocenters. The molecule has 3 atom stereocenters. The fourth-order valence-electron chi connectivity index (χ4n) is 3.65. The Morgan fingerprint density at radius 2 is 1.71 bits per heavy atom. The van der Waals surface area contributed by atoms with Crippen molar-refractivity contribution in [1.82, 2.24) is 21.3 Å². The van der Waals surface area contributed by atoms with Gasteiger partial charge in [0.1, 0.15) is 0 Å². The monoisotopic (exact) mass is 494 g/mol. The van der Waals surface area contributed by atoms with Gasteiger partial charge in [-0.15, -0.1) is 0 Å². The van der Waals surface area contributed by atoms with Crippen LogP contribution in [-0.4, -0.2) is 74.4 Å². The van der Waals surface area contributed by atoms with Crippen LogP contribution in [0.15, 0.2) is 0 Å². The number of carbonyl (C=O) groups is 3. The third-order valence-electron chi connectivity index (χ3n) is 5.21. The van der Waals surface area contributed by atoms with Crippen LogP contribution in [0.5, 0.6) is 0 Å². The minimum atomic E-state index is -3.06. The van der Waals surface area contributed by atoms with Gasteiger partial charge in [-0.1, -0.05) is 12.8 Å². The second-order valence-electron chi connectivity index (χ2n) is 7.90. The molecular weight excluding hydrogens is 460 g/mol. The minimum absolute atomic E-state index is 0.0638. The predicted octanol–water partition coefficient (Wildman–Crippen LogP) is 1.20. The van der Waals surface area contributed by atoms with Gasteiger partial charge >= 0.3 is 6.03 Å². The SMILES string of the molecule is CS(=O)(=O)SCCNC(=O)CCCCCNC(=O)CCCC[C@@H]1SC[C@H]2NC(=O)N[C@@H]12. The van der Waals surface area contributed by atoms with Crippen molar-refractivity contribution < 1.29 is 22.8 Å². The molecule has 0 aliphatic carbocycles. The summed E-state index contributed by atoms with van der Waals surface area (Å²) in [4.78, 5) is 35.0. The van der Waals surface area contributed by atoms with Crippen LogP contribution in [-0.2, 0) is 18.5 Å². The second-order valence-corrected chi connectivity index (χ2v) is 13.8. The molecule has 2 aliphatic heterocycles. The molecule has 0 aromatic heterocycles. The highest BCUT2D eigenvalue weighted by molar-refractivity contribution is 8.71. The summed E-state index contributed by atoms with van der Waals surface area (Å²) in [5.74, 6) is 1.30. The molecule has 9 nitrogen and oxygen atoms in total. The smallest absolute Gasteiger partial charge is 0.315 e. The Balaban J connectivity index is 1.38. The summed E-state index contributed by atoms with van der Waals surface area (Å²) in [5.41, 5.74) is 0. The topological polar surface area (TPSA) is 133 Å². The van der Waals surface area contributed by atoms with Gasteiger partial charge in [0.05, 0.1) is 12.1 Å². The first-order valence-corrected chi connectivity index (χ1v) is 15.3. The maximum absolute atomic E-state index is 11.9. The summed E-state index contributed by atoms with van der Waals surface area (Å²) in [7, 11) is -2.23. The van der Waals surface area contributed by atoms with E-state index in [9.17, 15) is 22.8 Å². The number of carbonyl (C=O) groups excluding carboxylic acids is 3. The molecule has 2 rings (SSSR count). The Bertz CT molecular complexity index is 719. The quantitative estimate of drug-likeness (QED) is 0.153. The highest BCUT2D eigenvalue weighted by Gasteiger charge is 2.42. The van der Waals surface area contributed by atoms with E-state index in [-0.39, 0.29) is 29.9 Å². The van der Waals surface area contributed by atoms with Gasteiger partial charge in [-0.3, -0.25) is 9.59 Å². The van der Waals surface area contributed by atoms with Gasteiger partial charge in [-0.05, 0) is 36.5 Å². The van der Waals surface area contributed by atoms with E-state index in [2.05, 4.69) is 21.3 Å². The molecule has 0 aromatic rings. The van der Waals surface area contributed by atoms with Crippen LogP contribution in [0.1, 0.15) is 51.4 Å². The first kappa shape index (κ1) is 26.1. The molecular formula is C19H34N4O5S3. The zero-order valence-electron chi connectivity index (χ0n) is 18.0. The molecule has 2 fully saturated rings. The van der Waals surface area contributed by atoms with E-state index >= 15 is 0 Å². The molecule has 12 heteroatoms. The number of fused-ring (bicyclic) bond motifs is 1. The van der Waals surface area contributed by atoms with Crippen molar-refractivity contribution in [2.24, 2.45) is 0 Å². The number of rotatable bonds is 15. The maximum Gasteiger partial charge on any atom is 0.315 e. The van der Waals surface area contributed by atoms with E-state index in [1.54, 1.807) is 0 Å². The van der Waals surface area contributed by atoms with Gasteiger partial charge in [0.2, 0.25) is 11.8 Å². The molecule has 178 valence electrons. The van der Waals surface area contributed by atoms with Crippen LogP contribution in [0.2, 0.25) is 0 Å². The number of unbranched alkanes of at least 4 members (excludes halogenated alkanes) is 3. The molecule has 0 radical (unpaired) electrons. The average molecular weight is 495 g/mol. The van der Waals surface area contributed by atoms with Crippen molar-refractivity contribution in [2.75, 3.05) is 30.9 Å². The number of thioether (sulfide) groups is 1. The highest BCUT2D eigenvalue weighted by Crippen LogP contribution is 2.33. The van der Waals surface area contributed by atoms with E-state index in [0.29, 0.717) is 36.9 Å². The molecule has 0 saturated carbocycles. The van der Waals surface area contributed by atoms with Gasteiger partial charge in [0, 0.05) is 48.9 Å². The zero-order valence-corrected chi connectivity index (χ0v) is 20.4. The zero-order chi connectivity index (χ0) is 22.7. The standard InChI is InChI=1S/C19H34N4O5S3/c1-31(27,28)30-12-11-21-17(25)8-3-2-6-10-20-16(24)9-5-4-7-15-18-14(13-29-15)22-19(26)23-18/h14-15,18H,2-13H2,1H3,(H,20,24)(H,21,25)(H2,22,23,26)/t14-,15+,18-/m1/s1. The van der Waals surface area contributed by atoms with Crippen LogP contribution in [0.25, 0.3) is 0 Å². The summed E-state index contributed by atoms with van der Waals surface area (Å²) in [5, 5.41) is 12.0. The first-order chi connectivity index (χ1) is 14.7. The third-order valence-corrected chi connectivity index (χ3v) is 9.30. The lowest BCUT2D eigenvalue weighted by Crippen LogP contribution is -2.36. The number of nitrogens with one attached hydrogen (secondary N) is 4. The number of amides is 4. The Hall–Kier alpha value is -1.14. The number of hydrogen-bond acceptors (Lipinski definition) is 7. The summed E-state index contributed by atoms with van der Waals surface area (Å²) < 4.78 is 21.9. The summed E-state index contributed by atoms with van der Waals surface area (Å²) in [6.45, 7) is 0.963. The molecule has 2 saturated heterocycles. The van der Waals surface area contributed by atoms with Crippen LogP contribution in [0.3, 0.4) is 0 Å². The average Bonchev–Trinajstić information content (AvgIpc) is 3.24. The van der Waals surface area contributed by atoms with Crippen LogP contribution in [0, 0.1) is 0 Å². The number of hydrogen-bond donors (Lipinski definition) is 4. The van der Waals surface area contributed by atoms with Gasteiger partial charge in [0.15, 0.2) is 8.87 Å². The molecule has 2 heterocycles. The van der Waals surface area contributed by atoms with Crippen LogP contribution in [0.4, 0.5) is 4.79 Å². The van der Waals surface area contributed by atoms with Crippen molar-refractivity contribution in [3.63, 3.8) is 0 Å². The van der Waals surface area contributed by atoms with Crippen LogP contribution < -0.4 is 21.3 Å². The fourth-order valence-corrected chi connectivity index (χ4v) is 6.84. The van der Waals surface area contributed by atoms with E-state index in [4.69, 9.17) is 0 Å². The normalized spacial score (nSPS) is 22.5. The minimum Gasteiger partial charge on any atom is -0.356 e. The molecule has 0 bridgehead atoms. The van der Waals surface area contributed by atoms with E-state index in [1.165, 1.54) is 0 Å². The van der Waals surface area contributed by atoms with Gasteiger partial charge in [0.25, 0.3) is 0 Å². The van der Waals surface area contributed by atoms with Crippen molar-refractivity contribution in [3.8, 4) is 0 Å². The summed E-state index contributed by atoms with van der Waals surface area (Å²) >= 11 is 1.89. The Morgan fingerprint density at radius 3 is 2.42 bits per heavy atom. The Morgan fingerprint density at radius 1 is 1.03 bits per heavy atom. The summed E-state index contributed by atoms with van der Waals surface area (Å²) in [6.07, 6.45) is 7.34. The van der Waals surface area contributed by atoms with Crippen LogP contribution >= 0.6 is 22.6 Å². The molecule has 2 aliphatic rings. The predicted molar refractivity (Wildman–Crippen MR) is 126 cm³/mol. The van der Waals surface area contributed by atoms with Gasteiger partial charge in [-0.2, -0.15) is 11.8 Å². The lowest BCUT2D eigenvalue weighted by molar-refractivity contribution is -0.122. The van der Waals surface area contributed by atoms with E-state index < -0.39 is 8.87 Å². The molecule has 4 amide bonds. The maximum atomic E-state index is 11.9. The fraction of sp³-hybridized carbons (Fsp3) is 0.842. The molecule has 31 heavy (non-hydrogen) atoms. The Kier molecular flexibility index (Phi) is 11.3. The third kappa shape index (κ3) is 10.8. The van der Waals surface area contributed by atoms with Crippen molar-refractivity contribution in [3.05, 3.63) is 0 Å². The van der Waals surface area contributed by atoms with Crippen molar-refractivity contribution in [2.45, 2.75) is 68.7 Å². The summed E-state index contributed by atoms with van der Waals surface area (Å²) in [6, 6.07) is 0.402. The second kappa shape index (κ2) is 13.4. The van der Waals surface area contributed by atoms with Gasteiger partial charge in [-0.25, -0.2) is 13.2 Å². The lowest BCUT2D eigenvalue weighted by Gasteiger charge is -2.16. The van der Waals surface area contributed by atoms with Gasteiger partial charge < -0.3 is 21.3 Å². The van der Waals surface area contributed by atoms with E-state index in [0.717, 1.165) is 61.3 Å². The Labute approximate surface area is 192 Å². The largest absolute Gasteiger partial charge is 0.356 e. The van der Waals surface area contributed by atoms with Crippen molar-refractivity contribution >= 4 is 49.3 Å². The lowest BCUT2D eigenvalue weighted by atomic mass is 10.0. The highest BCUT2D eigenvalue weighted by atomic mass is 33.1. The first-order valence-electron chi connectivity index (χ1n) is 10.8. The molecule has 0 aromatic carbocycles. The van der Waals surface area contributed by atoms with E-state index in [1.807, 2.05) is 11.8 Å². The molecule has 0 spiro atoms.